The summed E-state index contributed by atoms with van der Waals surface area (Å²) in [4.78, 5) is 0. The third kappa shape index (κ3) is 3.26. The third-order valence-electron chi connectivity index (χ3n) is 2.76. The van der Waals surface area contributed by atoms with Gasteiger partial charge >= 0.3 is 0 Å². The lowest BCUT2D eigenvalue weighted by Gasteiger charge is -2.10. The van der Waals surface area contributed by atoms with E-state index in [1.165, 1.54) is 11.1 Å². The molecule has 0 saturated carbocycles. The van der Waals surface area contributed by atoms with Crippen molar-refractivity contribution < 1.29 is 4.74 Å². The number of rotatable bonds is 4. The monoisotopic (exact) mass is 305 g/mol. The van der Waals surface area contributed by atoms with Gasteiger partial charge in [0.25, 0.3) is 0 Å². The molecule has 0 spiro atoms. The Morgan fingerprint density at radius 3 is 2.50 bits per heavy atom. The summed E-state index contributed by atoms with van der Waals surface area (Å²) in [5.74, 6) is 0.885. The van der Waals surface area contributed by atoms with Crippen molar-refractivity contribution in [1.29, 1.82) is 0 Å². The fourth-order valence-corrected chi connectivity index (χ4v) is 2.10. The average molecular weight is 306 g/mol. The molecule has 0 unspecified atom stereocenters. The first-order valence-corrected chi connectivity index (χ1v) is 6.61. The van der Waals surface area contributed by atoms with E-state index >= 15 is 0 Å². The van der Waals surface area contributed by atoms with E-state index in [0.29, 0.717) is 0 Å². The van der Waals surface area contributed by atoms with Crippen LogP contribution in [0.1, 0.15) is 11.1 Å². The van der Waals surface area contributed by atoms with Gasteiger partial charge in [0.2, 0.25) is 0 Å². The van der Waals surface area contributed by atoms with Gasteiger partial charge in [0, 0.05) is 16.7 Å². The molecular weight excluding hydrogens is 290 g/mol. The summed E-state index contributed by atoms with van der Waals surface area (Å²) in [6, 6.07) is 14.4. The maximum Gasteiger partial charge on any atom is 0.118 e. The van der Waals surface area contributed by atoms with Crippen LogP contribution in [0.2, 0.25) is 0 Å². The predicted molar refractivity (Wildman–Crippen MR) is 79.2 cm³/mol. The van der Waals surface area contributed by atoms with E-state index < -0.39 is 0 Å². The minimum atomic E-state index is 0.798. The van der Waals surface area contributed by atoms with Gasteiger partial charge in [0.15, 0.2) is 0 Å². The van der Waals surface area contributed by atoms with Crippen molar-refractivity contribution in [3.8, 4) is 5.75 Å². The lowest BCUT2D eigenvalue weighted by molar-refractivity contribution is 0.414. The Morgan fingerprint density at radius 1 is 1.11 bits per heavy atom. The van der Waals surface area contributed by atoms with E-state index in [2.05, 4.69) is 58.5 Å². The minimum Gasteiger partial charge on any atom is -0.497 e. The Bertz CT molecular complexity index is 523. The van der Waals surface area contributed by atoms with Gasteiger partial charge in [-0.25, -0.2) is 0 Å². The molecule has 2 rings (SSSR count). The summed E-state index contributed by atoms with van der Waals surface area (Å²) >= 11 is 3.54. The van der Waals surface area contributed by atoms with Crippen LogP contribution in [0.5, 0.6) is 5.75 Å². The molecule has 0 aromatic heterocycles. The number of nitrogens with one attached hydrogen (secondary N) is 1. The SMILES string of the molecule is COc1ccc(CNc2cc(C)ccc2Br)cc1. The zero-order valence-corrected chi connectivity index (χ0v) is 12.1. The largest absolute Gasteiger partial charge is 0.497 e. The second kappa shape index (κ2) is 5.91. The van der Waals surface area contributed by atoms with Gasteiger partial charge < -0.3 is 10.1 Å². The molecule has 2 aromatic carbocycles. The Labute approximate surface area is 116 Å². The standard InChI is InChI=1S/C15H16BrNO/c1-11-3-8-14(16)15(9-11)17-10-12-4-6-13(18-2)7-5-12/h3-9,17H,10H2,1-2H3. The van der Waals surface area contributed by atoms with E-state index in [0.717, 1.165) is 22.5 Å². The highest BCUT2D eigenvalue weighted by Gasteiger charge is 2.00. The molecule has 0 atom stereocenters. The second-order valence-corrected chi connectivity index (χ2v) is 5.04. The molecule has 0 aliphatic carbocycles. The summed E-state index contributed by atoms with van der Waals surface area (Å²) < 4.78 is 6.22. The van der Waals surface area contributed by atoms with Crippen LogP contribution in [0.25, 0.3) is 0 Å². The molecule has 0 fully saturated rings. The van der Waals surface area contributed by atoms with Crippen molar-refractivity contribution in [3.63, 3.8) is 0 Å². The van der Waals surface area contributed by atoms with Crippen molar-refractivity contribution >= 4 is 21.6 Å². The zero-order chi connectivity index (χ0) is 13.0. The minimum absolute atomic E-state index is 0.798. The van der Waals surface area contributed by atoms with E-state index in [1.807, 2.05) is 12.1 Å². The molecule has 2 nitrogen and oxygen atoms in total. The lowest BCUT2D eigenvalue weighted by Crippen LogP contribution is -2.00. The summed E-state index contributed by atoms with van der Waals surface area (Å²) in [5, 5.41) is 3.42. The van der Waals surface area contributed by atoms with Crippen LogP contribution in [-0.2, 0) is 6.54 Å². The van der Waals surface area contributed by atoms with Crippen molar-refractivity contribution in [2.45, 2.75) is 13.5 Å². The number of methoxy groups -OCH3 is 1. The van der Waals surface area contributed by atoms with E-state index in [4.69, 9.17) is 4.74 Å². The molecule has 94 valence electrons. The van der Waals surface area contributed by atoms with Gasteiger partial charge in [-0.2, -0.15) is 0 Å². The van der Waals surface area contributed by atoms with E-state index in [1.54, 1.807) is 7.11 Å². The van der Waals surface area contributed by atoms with Crippen LogP contribution in [0, 0.1) is 6.92 Å². The Kier molecular flexibility index (Phi) is 4.26. The fraction of sp³-hybridized carbons (Fsp3) is 0.200. The fourth-order valence-electron chi connectivity index (χ4n) is 1.72. The first kappa shape index (κ1) is 13.0. The molecule has 2 aromatic rings. The first-order chi connectivity index (χ1) is 8.69. The molecule has 3 heteroatoms. The Hall–Kier alpha value is -1.48. The molecule has 0 bridgehead atoms. The predicted octanol–water partition coefficient (Wildman–Crippen LogP) is 4.38. The van der Waals surface area contributed by atoms with Gasteiger partial charge in [-0.05, 0) is 58.2 Å². The molecule has 1 N–H and O–H groups in total. The highest BCUT2D eigenvalue weighted by atomic mass is 79.9. The number of benzene rings is 2. The van der Waals surface area contributed by atoms with Gasteiger partial charge in [0.1, 0.15) is 5.75 Å². The summed E-state index contributed by atoms with van der Waals surface area (Å²) in [5.41, 5.74) is 3.59. The van der Waals surface area contributed by atoms with Crippen molar-refractivity contribution in [2.24, 2.45) is 0 Å². The van der Waals surface area contributed by atoms with Crippen LogP contribution in [-0.4, -0.2) is 7.11 Å². The zero-order valence-electron chi connectivity index (χ0n) is 10.5. The highest BCUT2D eigenvalue weighted by Crippen LogP contribution is 2.24. The number of aryl methyl sites for hydroxylation is 1. The van der Waals surface area contributed by atoms with Crippen LogP contribution in [0.4, 0.5) is 5.69 Å². The molecule has 18 heavy (non-hydrogen) atoms. The summed E-state index contributed by atoms with van der Waals surface area (Å²) in [6.07, 6.45) is 0. The number of ether oxygens (including phenoxy) is 1. The number of hydrogen-bond acceptors (Lipinski definition) is 2. The molecule has 0 aliphatic rings. The van der Waals surface area contributed by atoms with Crippen molar-refractivity contribution in [2.75, 3.05) is 12.4 Å². The topological polar surface area (TPSA) is 21.3 Å². The second-order valence-electron chi connectivity index (χ2n) is 4.18. The normalized spacial score (nSPS) is 10.2. The third-order valence-corrected chi connectivity index (χ3v) is 3.46. The molecule has 0 aliphatic heterocycles. The van der Waals surface area contributed by atoms with Gasteiger partial charge in [-0.15, -0.1) is 0 Å². The number of hydrogen-bond donors (Lipinski definition) is 1. The maximum absolute atomic E-state index is 5.14. The summed E-state index contributed by atoms with van der Waals surface area (Å²) in [6.45, 7) is 2.89. The summed E-state index contributed by atoms with van der Waals surface area (Å²) in [7, 11) is 1.68. The van der Waals surface area contributed by atoms with Crippen molar-refractivity contribution in [3.05, 3.63) is 58.1 Å². The van der Waals surface area contributed by atoms with Crippen LogP contribution >= 0.6 is 15.9 Å². The lowest BCUT2D eigenvalue weighted by atomic mass is 10.2. The van der Waals surface area contributed by atoms with Gasteiger partial charge in [-0.1, -0.05) is 18.2 Å². The maximum atomic E-state index is 5.14. The average Bonchev–Trinajstić information content (AvgIpc) is 2.40. The Balaban J connectivity index is 2.04. The quantitative estimate of drug-likeness (QED) is 0.905. The Morgan fingerprint density at radius 2 is 1.83 bits per heavy atom. The van der Waals surface area contributed by atoms with Crippen LogP contribution in [0.3, 0.4) is 0 Å². The first-order valence-electron chi connectivity index (χ1n) is 5.82. The molecule has 0 heterocycles. The highest BCUT2D eigenvalue weighted by molar-refractivity contribution is 9.10. The molecule has 0 radical (unpaired) electrons. The number of halogens is 1. The van der Waals surface area contributed by atoms with Crippen LogP contribution in [0.15, 0.2) is 46.9 Å². The van der Waals surface area contributed by atoms with Crippen molar-refractivity contribution in [1.82, 2.24) is 0 Å². The smallest absolute Gasteiger partial charge is 0.118 e. The van der Waals surface area contributed by atoms with Crippen LogP contribution < -0.4 is 10.1 Å². The van der Waals surface area contributed by atoms with Gasteiger partial charge in [-0.3, -0.25) is 0 Å². The molecular formula is C15H16BrNO. The van der Waals surface area contributed by atoms with E-state index in [-0.39, 0.29) is 0 Å². The number of anilines is 1. The van der Waals surface area contributed by atoms with Gasteiger partial charge in [0.05, 0.1) is 7.11 Å². The molecule has 0 amide bonds. The molecule has 0 saturated heterocycles. The van der Waals surface area contributed by atoms with E-state index in [9.17, 15) is 0 Å².